The molecule has 178 valence electrons. The molecule has 2 aromatic heterocycles. The molecule has 33 heavy (non-hydrogen) atoms. The van der Waals surface area contributed by atoms with Crippen LogP contribution in [0.15, 0.2) is 27.6 Å². The van der Waals surface area contributed by atoms with Crippen LogP contribution in [0, 0.1) is 0 Å². The van der Waals surface area contributed by atoms with Crippen molar-refractivity contribution in [2.75, 3.05) is 12.4 Å². The Bertz CT molecular complexity index is 1290. The lowest BCUT2D eigenvalue weighted by Gasteiger charge is -2.42. The number of aromatic hydroxyl groups is 1. The van der Waals surface area contributed by atoms with Gasteiger partial charge in [0.05, 0.1) is 6.20 Å². The zero-order valence-electron chi connectivity index (χ0n) is 16.2. The Morgan fingerprint density at radius 1 is 1.42 bits per heavy atom. The van der Waals surface area contributed by atoms with E-state index in [0.29, 0.717) is 10.9 Å². The number of halogens is 1. The summed E-state index contributed by atoms with van der Waals surface area (Å²) in [4.78, 5) is 45.0. The summed E-state index contributed by atoms with van der Waals surface area (Å²) in [5.74, 6) is -3.13. The molecule has 0 aromatic carbocycles. The van der Waals surface area contributed by atoms with E-state index < -0.39 is 64.4 Å². The number of pyridine rings is 1. The minimum absolute atomic E-state index is 0.0344. The number of nitrogen functional groups attached to an aromatic ring is 1. The van der Waals surface area contributed by atoms with Crippen molar-refractivity contribution < 1.29 is 42.1 Å². The van der Waals surface area contributed by atoms with Crippen LogP contribution in [0.1, 0.15) is 11.4 Å². The third kappa shape index (κ3) is 4.86. The molecule has 2 amide bonds. The van der Waals surface area contributed by atoms with E-state index >= 15 is 0 Å². The van der Waals surface area contributed by atoms with E-state index in [9.17, 15) is 37.5 Å². The second kappa shape index (κ2) is 9.00. The number of nitrogens with two attached hydrogens (primary N) is 1. The summed E-state index contributed by atoms with van der Waals surface area (Å²) in [5.41, 5.74) is 3.89. The molecule has 1 fully saturated rings. The highest BCUT2D eigenvalue weighted by Gasteiger charge is 2.54. The smallest absolute Gasteiger partial charge is 0.362 e. The van der Waals surface area contributed by atoms with Crippen LogP contribution in [-0.2, 0) is 31.3 Å². The van der Waals surface area contributed by atoms with Gasteiger partial charge in [-0.1, -0.05) is 5.16 Å². The van der Waals surface area contributed by atoms with Crippen molar-refractivity contribution in [1.82, 2.24) is 19.3 Å². The van der Waals surface area contributed by atoms with Gasteiger partial charge in [0.15, 0.2) is 23.2 Å². The number of carbonyl (C=O) groups is 2. The first-order valence-electron chi connectivity index (χ1n) is 8.66. The summed E-state index contributed by atoms with van der Waals surface area (Å²) in [7, 11) is -5.03. The summed E-state index contributed by atoms with van der Waals surface area (Å²) in [6.07, 6.45) is 0.708. The molecule has 15 nitrogen and oxygen atoms in total. The molecule has 0 saturated carbocycles. The normalized spacial score (nSPS) is 18.7. The number of nitrogens with zero attached hydrogens (tertiary/aromatic N) is 4. The number of oxime groups is 1. The van der Waals surface area contributed by atoms with Crippen molar-refractivity contribution in [3.8, 4) is 5.75 Å². The third-order valence-corrected chi connectivity index (χ3v) is 5.92. The highest BCUT2D eigenvalue weighted by molar-refractivity contribution is 7.84. The largest absolute Gasteiger partial charge is 0.503 e. The van der Waals surface area contributed by atoms with Crippen molar-refractivity contribution >= 4 is 44.3 Å². The summed E-state index contributed by atoms with van der Waals surface area (Å²) in [6.45, 7) is -1.95. The van der Waals surface area contributed by atoms with Crippen LogP contribution in [0.5, 0.6) is 5.75 Å². The fourth-order valence-corrected chi connectivity index (χ4v) is 4.16. The second-order valence-corrected chi connectivity index (χ2v) is 8.61. The summed E-state index contributed by atoms with van der Waals surface area (Å²) in [5, 5.41) is 25.9. The maximum Gasteiger partial charge on any atom is 0.362 e. The van der Waals surface area contributed by atoms with Crippen LogP contribution >= 0.6 is 11.3 Å². The van der Waals surface area contributed by atoms with E-state index in [1.807, 2.05) is 0 Å². The van der Waals surface area contributed by atoms with Crippen molar-refractivity contribution in [3.63, 3.8) is 0 Å². The number of aromatic nitrogens is 2. The Hall–Kier alpha value is -3.77. The van der Waals surface area contributed by atoms with Gasteiger partial charge < -0.3 is 26.2 Å². The monoisotopic (exact) mass is 506 g/mol. The van der Waals surface area contributed by atoms with Crippen LogP contribution in [-0.4, -0.2) is 73.6 Å². The Morgan fingerprint density at radius 3 is 2.70 bits per heavy atom. The Morgan fingerprint density at radius 2 is 2.12 bits per heavy atom. The average molecular weight is 506 g/mol. The Balaban J connectivity index is 1.81. The van der Waals surface area contributed by atoms with E-state index in [-0.39, 0.29) is 20.8 Å². The standard InChI is InChI=1S/C15H15FN6O9S2/c16-2-8-12(14(26)22(8)33(28,29)30)19-13(25)11(7-5-32-15(17)18-7)20-31-4-6-1-9(23)10(24)3-21(6)27/h1,3,5,8,12,24,27H,2,4H2,(H2,17,18)(H,19,25)(H,28,29,30). The van der Waals surface area contributed by atoms with Crippen LogP contribution in [0.4, 0.5) is 9.52 Å². The van der Waals surface area contributed by atoms with Crippen molar-refractivity contribution in [2.24, 2.45) is 5.16 Å². The van der Waals surface area contributed by atoms with E-state index in [4.69, 9.17) is 15.1 Å². The number of hydrogen-bond acceptors (Lipinski definition) is 12. The molecule has 6 N–H and O–H groups in total. The van der Waals surface area contributed by atoms with E-state index in [1.165, 1.54) is 5.38 Å². The fourth-order valence-electron chi connectivity index (χ4n) is 2.75. The quantitative estimate of drug-likeness (QED) is 0.0883. The molecule has 18 heteroatoms. The van der Waals surface area contributed by atoms with Gasteiger partial charge in [0, 0.05) is 11.4 Å². The summed E-state index contributed by atoms with van der Waals surface area (Å²) in [6, 6.07) is -2.47. The molecule has 0 aliphatic carbocycles. The summed E-state index contributed by atoms with van der Waals surface area (Å²) < 4.78 is 44.9. The number of carbonyl (C=O) groups excluding carboxylic acids is 2. The van der Waals surface area contributed by atoms with Crippen LogP contribution in [0.25, 0.3) is 0 Å². The van der Waals surface area contributed by atoms with Crippen LogP contribution in [0.2, 0.25) is 0 Å². The van der Waals surface area contributed by atoms with Gasteiger partial charge in [0.25, 0.3) is 11.8 Å². The molecule has 1 saturated heterocycles. The van der Waals surface area contributed by atoms with Crippen molar-refractivity contribution in [2.45, 2.75) is 18.7 Å². The van der Waals surface area contributed by atoms with E-state index in [1.54, 1.807) is 0 Å². The van der Waals surface area contributed by atoms with Gasteiger partial charge in [0.1, 0.15) is 30.1 Å². The zero-order valence-corrected chi connectivity index (χ0v) is 17.8. The summed E-state index contributed by atoms with van der Waals surface area (Å²) >= 11 is 0.923. The third-order valence-electron chi connectivity index (χ3n) is 4.30. The topological polar surface area (TPSA) is 227 Å². The minimum atomic E-state index is -5.03. The molecule has 1 aliphatic heterocycles. The maximum absolute atomic E-state index is 13.2. The predicted molar refractivity (Wildman–Crippen MR) is 107 cm³/mol. The van der Waals surface area contributed by atoms with Gasteiger partial charge in [-0.2, -0.15) is 13.1 Å². The number of amides is 2. The number of alkyl halides is 1. The zero-order chi connectivity index (χ0) is 24.5. The molecule has 2 unspecified atom stereocenters. The average Bonchev–Trinajstić information content (AvgIpc) is 3.15. The van der Waals surface area contributed by atoms with Gasteiger partial charge in [0.2, 0.25) is 5.43 Å². The van der Waals surface area contributed by atoms with Crippen molar-refractivity contribution in [1.29, 1.82) is 0 Å². The van der Waals surface area contributed by atoms with Crippen molar-refractivity contribution in [3.05, 3.63) is 39.3 Å². The van der Waals surface area contributed by atoms with Gasteiger partial charge in [-0.25, -0.2) is 13.7 Å². The second-order valence-electron chi connectivity index (χ2n) is 6.43. The number of rotatable bonds is 8. The first-order valence-corrected chi connectivity index (χ1v) is 10.9. The molecule has 2 aromatic rings. The van der Waals surface area contributed by atoms with Gasteiger partial charge >= 0.3 is 10.3 Å². The molecule has 2 atom stereocenters. The number of anilines is 1. The van der Waals surface area contributed by atoms with Gasteiger partial charge in [-0.15, -0.1) is 11.3 Å². The number of β-lactam (4-membered cyclic amide) rings is 1. The van der Waals surface area contributed by atoms with Crippen LogP contribution < -0.4 is 16.5 Å². The predicted octanol–water partition coefficient (Wildman–Crippen LogP) is -1.78. The number of thiazole rings is 1. The minimum Gasteiger partial charge on any atom is -0.503 e. The molecular weight excluding hydrogens is 491 g/mol. The number of hydrogen-bond donors (Lipinski definition) is 5. The molecule has 0 radical (unpaired) electrons. The molecule has 1 aliphatic rings. The molecule has 0 bridgehead atoms. The lowest BCUT2D eigenvalue weighted by molar-refractivity contribution is -0.145. The lowest BCUT2D eigenvalue weighted by atomic mass is 10.00. The van der Waals surface area contributed by atoms with Crippen LogP contribution in [0.3, 0.4) is 0 Å². The Kier molecular flexibility index (Phi) is 6.51. The lowest BCUT2D eigenvalue weighted by Crippen LogP contribution is -2.73. The molecular formula is C15H15FN6O9S2. The first-order chi connectivity index (χ1) is 15.4. The SMILES string of the molecule is Nc1nc(C(=NOCc2cc(=O)c(O)cn2O)C(=O)NC2C(=O)N(S(=O)(=O)O)C2CF)cs1. The highest BCUT2D eigenvalue weighted by Crippen LogP contribution is 2.24. The fraction of sp³-hybridized carbons (Fsp3) is 0.267. The first kappa shape index (κ1) is 23.9. The molecule has 0 spiro atoms. The highest BCUT2D eigenvalue weighted by atomic mass is 32.2. The Labute approximate surface area is 187 Å². The van der Waals surface area contributed by atoms with Gasteiger partial charge in [-0.05, 0) is 0 Å². The van der Waals surface area contributed by atoms with Gasteiger partial charge in [-0.3, -0.25) is 18.9 Å². The number of nitrogens with one attached hydrogen (secondary N) is 1. The van der Waals surface area contributed by atoms with E-state index in [2.05, 4.69) is 15.5 Å². The maximum atomic E-state index is 13.2. The van der Waals surface area contributed by atoms with E-state index in [0.717, 1.165) is 17.4 Å². The molecule has 3 rings (SSSR count). The molecule has 3 heterocycles.